The van der Waals surface area contributed by atoms with Gasteiger partial charge in [-0.05, 0) is 36.1 Å². The fourth-order valence-electron chi connectivity index (χ4n) is 4.06. The lowest BCUT2D eigenvalue weighted by Crippen LogP contribution is -2.44. The Kier molecular flexibility index (Phi) is 5.54. The Morgan fingerprint density at radius 1 is 0.939 bits per heavy atom. The Morgan fingerprint density at radius 2 is 1.64 bits per heavy atom. The van der Waals surface area contributed by atoms with Gasteiger partial charge in [0.1, 0.15) is 5.69 Å². The SMILES string of the molecule is Nc1ncc(-c2ccc(C3(C(=O)Nc4cc(-c5ccncc5)no4)CCOCC3)cc2)cn1. The molecule has 0 radical (unpaired) electrons. The minimum absolute atomic E-state index is 0.146. The Hall–Kier alpha value is -4.11. The minimum Gasteiger partial charge on any atom is -0.381 e. The van der Waals surface area contributed by atoms with Crippen LogP contribution in [0.25, 0.3) is 22.4 Å². The van der Waals surface area contributed by atoms with Crippen molar-refractivity contribution in [1.82, 2.24) is 20.1 Å². The maximum atomic E-state index is 13.5. The smallest absolute Gasteiger partial charge is 0.237 e. The number of nitrogens with two attached hydrogens (primary N) is 1. The van der Waals surface area contributed by atoms with Gasteiger partial charge in [-0.1, -0.05) is 29.4 Å². The van der Waals surface area contributed by atoms with Gasteiger partial charge in [-0.2, -0.15) is 0 Å². The third-order valence-corrected chi connectivity index (χ3v) is 5.95. The molecule has 9 nitrogen and oxygen atoms in total. The van der Waals surface area contributed by atoms with Gasteiger partial charge in [0.05, 0.1) is 5.41 Å². The monoisotopic (exact) mass is 442 g/mol. The van der Waals surface area contributed by atoms with E-state index in [0.717, 1.165) is 22.3 Å². The lowest BCUT2D eigenvalue weighted by Gasteiger charge is -2.36. The van der Waals surface area contributed by atoms with Crippen LogP contribution in [0.15, 0.2) is 71.8 Å². The first-order valence-corrected chi connectivity index (χ1v) is 10.6. The summed E-state index contributed by atoms with van der Waals surface area (Å²) >= 11 is 0. The number of ether oxygens (including phenoxy) is 1. The first-order chi connectivity index (χ1) is 16.1. The molecule has 0 aliphatic carbocycles. The molecule has 0 unspecified atom stereocenters. The predicted octanol–water partition coefficient (Wildman–Crippen LogP) is 3.46. The number of nitrogens with zero attached hydrogens (tertiary/aromatic N) is 4. The van der Waals surface area contributed by atoms with Gasteiger partial charge in [-0.25, -0.2) is 9.97 Å². The van der Waals surface area contributed by atoms with Crippen LogP contribution in [0.1, 0.15) is 18.4 Å². The van der Waals surface area contributed by atoms with Crippen LogP contribution < -0.4 is 11.1 Å². The third-order valence-electron chi connectivity index (χ3n) is 5.95. The molecule has 1 fully saturated rings. The fraction of sp³-hybridized carbons (Fsp3) is 0.208. The van der Waals surface area contributed by atoms with E-state index in [-0.39, 0.29) is 11.9 Å². The minimum atomic E-state index is -0.738. The standard InChI is InChI=1S/C24H22N6O3/c25-23-27-14-18(15-28-23)16-1-3-19(4-2-16)24(7-11-32-12-8-24)22(31)29-21-13-20(30-33-21)17-5-9-26-10-6-17/h1-6,9-10,13-15H,7-8,11-12H2,(H,29,31)(H2,25,27,28). The summed E-state index contributed by atoms with van der Waals surface area (Å²) in [7, 11) is 0. The molecule has 0 bridgehead atoms. The molecular weight excluding hydrogens is 420 g/mol. The van der Waals surface area contributed by atoms with E-state index in [4.69, 9.17) is 15.0 Å². The molecule has 9 heteroatoms. The van der Waals surface area contributed by atoms with Crippen LogP contribution in [0.2, 0.25) is 0 Å². The number of carbonyl (C=O) groups is 1. The summed E-state index contributed by atoms with van der Waals surface area (Å²) < 4.78 is 11.0. The van der Waals surface area contributed by atoms with Gasteiger partial charge in [0.2, 0.25) is 17.7 Å². The Balaban J connectivity index is 1.40. The van der Waals surface area contributed by atoms with Gasteiger partial charge in [-0.3, -0.25) is 15.1 Å². The van der Waals surface area contributed by atoms with Crippen molar-refractivity contribution in [2.45, 2.75) is 18.3 Å². The van der Waals surface area contributed by atoms with Crippen LogP contribution in [0, 0.1) is 0 Å². The number of hydrogen-bond donors (Lipinski definition) is 2. The summed E-state index contributed by atoms with van der Waals surface area (Å²) in [5.41, 5.74) is 9.04. The second kappa shape index (κ2) is 8.79. The first kappa shape index (κ1) is 20.8. The average molecular weight is 442 g/mol. The number of nitrogens with one attached hydrogen (secondary N) is 1. The number of anilines is 2. The second-order valence-electron chi connectivity index (χ2n) is 7.87. The van der Waals surface area contributed by atoms with Crippen molar-refractivity contribution in [2.75, 3.05) is 24.3 Å². The first-order valence-electron chi connectivity index (χ1n) is 10.6. The summed E-state index contributed by atoms with van der Waals surface area (Å²) in [6, 6.07) is 13.2. The number of carbonyl (C=O) groups excluding carboxylic acids is 1. The van der Waals surface area contributed by atoms with Crippen molar-refractivity contribution < 1.29 is 14.1 Å². The molecule has 0 spiro atoms. The molecule has 3 N–H and O–H groups in total. The molecule has 1 aliphatic heterocycles. The summed E-state index contributed by atoms with van der Waals surface area (Å²) in [4.78, 5) is 25.6. The highest BCUT2D eigenvalue weighted by Gasteiger charge is 2.42. The quantitative estimate of drug-likeness (QED) is 0.481. The van der Waals surface area contributed by atoms with Crippen LogP contribution in [-0.4, -0.2) is 39.2 Å². The number of pyridine rings is 1. The van der Waals surface area contributed by atoms with Gasteiger partial charge < -0.3 is 15.0 Å². The summed E-state index contributed by atoms with van der Waals surface area (Å²) in [5.74, 6) is 0.382. The van der Waals surface area contributed by atoms with Crippen LogP contribution in [0.5, 0.6) is 0 Å². The topological polar surface area (TPSA) is 129 Å². The molecule has 1 saturated heterocycles. The molecule has 1 aliphatic rings. The lowest BCUT2D eigenvalue weighted by molar-refractivity contribution is -0.125. The molecule has 5 rings (SSSR count). The highest BCUT2D eigenvalue weighted by Crippen LogP contribution is 2.37. The van der Waals surface area contributed by atoms with E-state index in [0.29, 0.717) is 37.6 Å². The van der Waals surface area contributed by atoms with Crippen molar-refractivity contribution in [1.29, 1.82) is 0 Å². The Morgan fingerprint density at radius 3 is 2.33 bits per heavy atom. The number of amides is 1. The maximum Gasteiger partial charge on any atom is 0.237 e. The van der Waals surface area contributed by atoms with E-state index in [9.17, 15) is 4.79 Å². The van der Waals surface area contributed by atoms with Gasteiger partial charge in [-0.15, -0.1) is 0 Å². The Bertz CT molecular complexity index is 1230. The summed E-state index contributed by atoms with van der Waals surface area (Å²) in [6.07, 6.45) is 7.85. The lowest BCUT2D eigenvalue weighted by atomic mass is 9.73. The van der Waals surface area contributed by atoms with E-state index in [1.807, 2.05) is 36.4 Å². The van der Waals surface area contributed by atoms with Gasteiger partial charge >= 0.3 is 0 Å². The van der Waals surface area contributed by atoms with E-state index < -0.39 is 5.41 Å². The highest BCUT2D eigenvalue weighted by atomic mass is 16.5. The summed E-state index contributed by atoms with van der Waals surface area (Å²) in [6.45, 7) is 0.999. The van der Waals surface area contributed by atoms with E-state index in [1.165, 1.54) is 0 Å². The molecule has 166 valence electrons. The number of rotatable bonds is 5. The molecule has 0 atom stereocenters. The number of benzene rings is 1. The van der Waals surface area contributed by atoms with Crippen LogP contribution in [-0.2, 0) is 14.9 Å². The highest BCUT2D eigenvalue weighted by molar-refractivity contribution is 5.98. The molecular formula is C24H22N6O3. The summed E-state index contributed by atoms with van der Waals surface area (Å²) in [5, 5.41) is 6.99. The number of hydrogen-bond acceptors (Lipinski definition) is 8. The van der Waals surface area contributed by atoms with E-state index in [2.05, 4.69) is 25.4 Å². The normalized spacial score (nSPS) is 15.2. The second-order valence-corrected chi connectivity index (χ2v) is 7.87. The molecule has 1 aromatic carbocycles. The third kappa shape index (κ3) is 4.18. The largest absolute Gasteiger partial charge is 0.381 e. The Labute approximate surface area is 190 Å². The van der Waals surface area contributed by atoms with E-state index >= 15 is 0 Å². The van der Waals surface area contributed by atoms with Crippen molar-refractivity contribution in [3.63, 3.8) is 0 Å². The molecule has 0 saturated carbocycles. The van der Waals surface area contributed by atoms with Crippen molar-refractivity contribution in [3.05, 3.63) is 72.8 Å². The zero-order chi connectivity index (χ0) is 22.7. The molecule has 3 aromatic heterocycles. The zero-order valence-electron chi connectivity index (χ0n) is 17.8. The van der Waals surface area contributed by atoms with Gasteiger partial charge in [0.25, 0.3) is 0 Å². The van der Waals surface area contributed by atoms with Crippen molar-refractivity contribution in [2.24, 2.45) is 0 Å². The van der Waals surface area contributed by atoms with E-state index in [1.54, 1.807) is 30.9 Å². The van der Waals surface area contributed by atoms with Crippen LogP contribution in [0.3, 0.4) is 0 Å². The van der Waals surface area contributed by atoms with Gasteiger partial charge in [0, 0.05) is 55.2 Å². The number of nitrogen functional groups attached to an aromatic ring is 1. The zero-order valence-corrected chi connectivity index (χ0v) is 17.8. The number of aromatic nitrogens is 4. The predicted molar refractivity (Wildman–Crippen MR) is 122 cm³/mol. The van der Waals surface area contributed by atoms with Crippen LogP contribution >= 0.6 is 0 Å². The molecule has 1 amide bonds. The molecule has 33 heavy (non-hydrogen) atoms. The van der Waals surface area contributed by atoms with Gasteiger partial charge in [0.15, 0.2) is 0 Å². The van der Waals surface area contributed by atoms with Crippen LogP contribution in [0.4, 0.5) is 11.8 Å². The fourth-order valence-corrected chi connectivity index (χ4v) is 4.06. The van der Waals surface area contributed by atoms with Crippen molar-refractivity contribution in [3.8, 4) is 22.4 Å². The maximum absolute atomic E-state index is 13.5. The van der Waals surface area contributed by atoms with Crippen molar-refractivity contribution >= 4 is 17.7 Å². The molecule has 4 aromatic rings. The molecule has 4 heterocycles. The average Bonchev–Trinajstić information content (AvgIpc) is 3.34.